The Kier molecular flexibility index (Phi) is 10.2. The summed E-state index contributed by atoms with van der Waals surface area (Å²) in [5.74, 6) is 0.840. The zero-order chi connectivity index (χ0) is 18.5. The topological polar surface area (TPSA) is 0 Å². The van der Waals surface area contributed by atoms with Crippen molar-refractivity contribution < 1.29 is 0 Å². The van der Waals surface area contributed by atoms with Gasteiger partial charge in [-0.1, -0.05) is 120 Å². The Morgan fingerprint density at radius 3 is 1.73 bits per heavy atom. The van der Waals surface area contributed by atoms with Crippen LogP contribution in [-0.4, -0.2) is 0 Å². The molecule has 26 heavy (non-hydrogen) atoms. The van der Waals surface area contributed by atoms with Crippen molar-refractivity contribution in [3.8, 4) is 0 Å². The first-order valence-electron chi connectivity index (χ1n) is 11.0. The molecule has 0 N–H and O–H groups in total. The first-order valence-corrected chi connectivity index (χ1v) is 11.0. The van der Waals surface area contributed by atoms with E-state index >= 15 is 0 Å². The molecule has 0 radical (unpaired) electrons. The van der Waals surface area contributed by atoms with Gasteiger partial charge in [0.15, 0.2) is 0 Å². The summed E-state index contributed by atoms with van der Waals surface area (Å²) in [4.78, 5) is 0. The molecule has 0 bridgehead atoms. The van der Waals surface area contributed by atoms with Crippen LogP contribution in [0.2, 0.25) is 0 Å². The number of hydrogen-bond acceptors (Lipinski definition) is 0. The molecule has 0 heterocycles. The van der Waals surface area contributed by atoms with E-state index in [1.165, 1.54) is 76.2 Å². The molecule has 1 aliphatic carbocycles. The zero-order valence-electron chi connectivity index (χ0n) is 17.1. The summed E-state index contributed by atoms with van der Waals surface area (Å²) >= 11 is 0. The summed E-state index contributed by atoms with van der Waals surface area (Å²) in [6, 6.07) is 19.7. The predicted molar refractivity (Wildman–Crippen MR) is 116 cm³/mol. The van der Waals surface area contributed by atoms with Crippen molar-refractivity contribution in [1.29, 1.82) is 0 Å². The summed E-state index contributed by atoms with van der Waals surface area (Å²) in [5.41, 5.74) is 4.71. The van der Waals surface area contributed by atoms with E-state index in [-0.39, 0.29) is 0 Å². The minimum absolute atomic E-state index is 0.840. The van der Waals surface area contributed by atoms with E-state index in [0.29, 0.717) is 0 Å². The highest BCUT2D eigenvalue weighted by Crippen LogP contribution is 2.46. The van der Waals surface area contributed by atoms with Gasteiger partial charge in [0.2, 0.25) is 0 Å². The van der Waals surface area contributed by atoms with Crippen molar-refractivity contribution in [2.45, 2.75) is 90.4 Å². The molecule has 0 amide bonds. The molecular formula is C26H38. The monoisotopic (exact) mass is 350 g/mol. The van der Waals surface area contributed by atoms with Crippen molar-refractivity contribution in [3.63, 3.8) is 0 Å². The first-order chi connectivity index (χ1) is 12.9. The highest BCUT2D eigenvalue weighted by atomic mass is 14.3. The van der Waals surface area contributed by atoms with Crippen LogP contribution in [0.4, 0.5) is 0 Å². The largest absolute Gasteiger partial charge is 0.0654 e. The van der Waals surface area contributed by atoms with Gasteiger partial charge in [0.05, 0.1) is 0 Å². The van der Waals surface area contributed by atoms with E-state index in [4.69, 9.17) is 0 Å². The molecule has 0 aromatic heterocycles. The molecule has 0 fully saturated rings. The van der Waals surface area contributed by atoms with Crippen LogP contribution in [0.1, 0.15) is 101 Å². The van der Waals surface area contributed by atoms with Crippen LogP contribution in [0.5, 0.6) is 0 Å². The minimum Gasteiger partial charge on any atom is -0.0654 e. The van der Waals surface area contributed by atoms with Crippen LogP contribution in [0.25, 0.3) is 0 Å². The normalized spacial score (nSPS) is 12.2. The van der Waals surface area contributed by atoms with Crippen LogP contribution >= 0.6 is 0 Å². The van der Waals surface area contributed by atoms with Gasteiger partial charge >= 0.3 is 0 Å². The second-order valence-electron chi connectivity index (χ2n) is 7.68. The quantitative estimate of drug-likeness (QED) is 0.357. The minimum atomic E-state index is 0.840. The van der Waals surface area contributed by atoms with Gasteiger partial charge in [-0.25, -0.2) is 0 Å². The summed E-state index contributed by atoms with van der Waals surface area (Å²) in [6.45, 7) is 4.53. The predicted octanol–water partition coefficient (Wildman–Crippen LogP) is 8.30. The SMILES string of the molecule is CCCCCCC1c2ccccc21.CCCCCCCc1ccccc1. The average Bonchev–Trinajstić information content (AvgIpc) is 3.40. The van der Waals surface area contributed by atoms with Gasteiger partial charge in [-0.15, -0.1) is 0 Å². The van der Waals surface area contributed by atoms with Gasteiger partial charge in [0.1, 0.15) is 0 Å². The van der Waals surface area contributed by atoms with Crippen molar-refractivity contribution >= 4 is 0 Å². The van der Waals surface area contributed by atoms with E-state index in [0.717, 1.165) is 5.92 Å². The van der Waals surface area contributed by atoms with E-state index in [1.54, 1.807) is 11.1 Å². The van der Waals surface area contributed by atoms with E-state index < -0.39 is 0 Å². The van der Waals surface area contributed by atoms with Gasteiger partial charge in [0, 0.05) is 5.92 Å². The number of hydrogen-bond donors (Lipinski definition) is 0. The summed E-state index contributed by atoms with van der Waals surface area (Å²) < 4.78 is 0. The maximum atomic E-state index is 2.28. The molecule has 142 valence electrons. The van der Waals surface area contributed by atoms with Crippen LogP contribution in [0.15, 0.2) is 54.6 Å². The van der Waals surface area contributed by atoms with Gasteiger partial charge in [0.25, 0.3) is 0 Å². The van der Waals surface area contributed by atoms with Gasteiger partial charge in [-0.2, -0.15) is 0 Å². The summed E-state index contributed by atoms with van der Waals surface area (Å²) in [5, 5.41) is 0. The van der Waals surface area contributed by atoms with Crippen molar-refractivity contribution in [3.05, 3.63) is 71.3 Å². The number of benzene rings is 2. The number of unbranched alkanes of at least 4 members (excludes halogenated alkanes) is 7. The molecule has 2 aromatic carbocycles. The molecule has 0 spiro atoms. The fraction of sp³-hybridized carbons (Fsp3) is 0.538. The molecule has 0 saturated carbocycles. The van der Waals surface area contributed by atoms with E-state index in [9.17, 15) is 0 Å². The molecular weight excluding hydrogens is 312 g/mol. The third kappa shape index (κ3) is 7.77. The Morgan fingerprint density at radius 1 is 0.577 bits per heavy atom. The first kappa shape index (κ1) is 20.7. The van der Waals surface area contributed by atoms with Crippen LogP contribution in [-0.2, 0) is 6.42 Å². The Hall–Kier alpha value is -1.56. The molecule has 0 heteroatoms. The fourth-order valence-corrected chi connectivity index (χ4v) is 3.72. The molecule has 0 unspecified atom stereocenters. The highest BCUT2D eigenvalue weighted by molar-refractivity contribution is 5.51. The second kappa shape index (κ2) is 12.7. The molecule has 2 aromatic rings. The van der Waals surface area contributed by atoms with E-state index in [1.807, 2.05) is 0 Å². The molecule has 0 aliphatic heterocycles. The average molecular weight is 351 g/mol. The number of fused-ring (bicyclic) bond motifs is 1. The van der Waals surface area contributed by atoms with Crippen molar-refractivity contribution in [1.82, 2.24) is 0 Å². The maximum absolute atomic E-state index is 2.28. The smallest absolute Gasteiger partial charge is 0.00952 e. The zero-order valence-corrected chi connectivity index (χ0v) is 17.1. The number of aryl methyl sites for hydroxylation is 1. The maximum Gasteiger partial charge on any atom is 0.00952 e. The Bertz CT molecular complexity index is 549. The lowest BCUT2D eigenvalue weighted by molar-refractivity contribution is 0.627. The fourth-order valence-electron chi connectivity index (χ4n) is 3.72. The van der Waals surface area contributed by atoms with Gasteiger partial charge in [-0.3, -0.25) is 0 Å². The Balaban J connectivity index is 0.000000187. The molecule has 0 saturated heterocycles. The standard InChI is InChI=1S/C13H18.C13H20/c1-2-3-4-5-8-11-12-9-6-7-10-13(11)12;1-2-3-4-5-7-10-13-11-8-6-9-12-13/h6-7,9-11H,2-5,8H2,1H3;6,8-9,11-12H,2-5,7,10H2,1H3. The molecule has 1 aliphatic rings. The lowest BCUT2D eigenvalue weighted by Gasteiger charge is -2.00. The third-order valence-electron chi connectivity index (χ3n) is 5.42. The highest BCUT2D eigenvalue weighted by Gasteiger charge is 2.30. The lowest BCUT2D eigenvalue weighted by Crippen LogP contribution is -1.84. The Morgan fingerprint density at radius 2 is 1.12 bits per heavy atom. The summed E-state index contributed by atoms with van der Waals surface area (Å²) in [7, 11) is 0. The summed E-state index contributed by atoms with van der Waals surface area (Å²) in [6.07, 6.45) is 15.1. The van der Waals surface area contributed by atoms with Crippen molar-refractivity contribution in [2.75, 3.05) is 0 Å². The molecule has 3 rings (SSSR count). The van der Waals surface area contributed by atoms with Crippen molar-refractivity contribution in [2.24, 2.45) is 0 Å². The molecule has 0 atom stereocenters. The molecule has 0 nitrogen and oxygen atoms in total. The van der Waals surface area contributed by atoms with Gasteiger partial charge < -0.3 is 0 Å². The number of rotatable bonds is 11. The van der Waals surface area contributed by atoms with Crippen LogP contribution in [0, 0.1) is 0 Å². The third-order valence-corrected chi connectivity index (χ3v) is 5.42. The van der Waals surface area contributed by atoms with E-state index in [2.05, 4.69) is 68.4 Å². The van der Waals surface area contributed by atoms with Crippen LogP contribution in [0.3, 0.4) is 0 Å². The van der Waals surface area contributed by atoms with Crippen LogP contribution < -0.4 is 0 Å². The Labute approximate surface area is 162 Å². The second-order valence-corrected chi connectivity index (χ2v) is 7.68. The van der Waals surface area contributed by atoms with Gasteiger partial charge in [-0.05, 0) is 36.0 Å². The lowest BCUT2D eigenvalue weighted by atomic mass is 10.1.